The molecule has 1 aromatic heterocycles. The minimum Gasteiger partial charge on any atom is -0.350 e. The third-order valence-corrected chi connectivity index (χ3v) is 3.70. The molecule has 1 heterocycles. The fraction of sp³-hybridized carbons (Fsp3) is 0.667. The second-order valence-corrected chi connectivity index (χ2v) is 4.81. The summed E-state index contributed by atoms with van der Waals surface area (Å²) in [5, 5.41) is 8.18. The van der Waals surface area contributed by atoms with E-state index in [2.05, 4.69) is 33.3 Å². The van der Waals surface area contributed by atoms with Crippen molar-refractivity contribution in [3.8, 4) is 0 Å². The molecule has 96 valence electrons. The van der Waals surface area contributed by atoms with Gasteiger partial charge in [0.2, 0.25) is 0 Å². The molecule has 0 saturated carbocycles. The van der Waals surface area contributed by atoms with E-state index in [0.717, 1.165) is 24.0 Å². The van der Waals surface area contributed by atoms with Crippen LogP contribution in [0.25, 0.3) is 0 Å². The van der Waals surface area contributed by atoms with Crippen LogP contribution in [-0.2, 0) is 13.0 Å². The quantitative estimate of drug-likeness (QED) is 0.819. The van der Waals surface area contributed by atoms with Crippen molar-refractivity contribution in [2.75, 3.05) is 11.9 Å². The predicted molar refractivity (Wildman–Crippen MR) is 72.6 cm³/mol. The molecule has 1 atom stereocenters. The first-order valence-electron chi connectivity index (χ1n) is 6.03. The van der Waals surface area contributed by atoms with Gasteiger partial charge in [-0.05, 0) is 25.3 Å². The lowest BCUT2D eigenvalue weighted by molar-refractivity contribution is 0.0938. The van der Waals surface area contributed by atoms with Crippen molar-refractivity contribution >= 4 is 21.8 Å². The number of carbonyl (C=O) groups is 1. The Morgan fingerprint density at radius 2 is 2.29 bits per heavy atom. The third-order valence-electron chi connectivity index (χ3n) is 2.60. The SMILES string of the molecule is CCc1cc(C(=O)NCC(C)CBr)n(CC)n1. The van der Waals surface area contributed by atoms with E-state index >= 15 is 0 Å². The summed E-state index contributed by atoms with van der Waals surface area (Å²) in [7, 11) is 0. The van der Waals surface area contributed by atoms with Gasteiger partial charge in [0.15, 0.2) is 0 Å². The number of nitrogens with one attached hydrogen (secondary N) is 1. The normalized spacial score (nSPS) is 12.5. The van der Waals surface area contributed by atoms with E-state index in [4.69, 9.17) is 0 Å². The average Bonchev–Trinajstić information content (AvgIpc) is 2.78. The Hall–Kier alpha value is -0.840. The minimum absolute atomic E-state index is 0.0353. The Labute approximate surface area is 111 Å². The second-order valence-electron chi connectivity index (χ2n) is 4.16. The molecule has 0 bridgehead atoms. The van der Waals surface area contributed by atoms with Gasteiger partial charge < -0.3 is 5.32 Å². The number of aromatic nitrogens is 2. The monoisotopic (exact) mass is 301 g/mol. The van der Waals surface area contributed by atoms with Gasteiger partial charge in [0.1, 0.15) is 5.69 Å². The highest BCUT2D eigenvalue weighted by molar-refractivity contribution is 9.09. The minimum atomic E-state index is -0.0353. The lowest BCUT2D eigenvalue weighted by Crippen LogP contribution is -2.30. The summed E-state index contributed by atoms with van der Waals surface area (Å²) >= 11 is 3.40. The molecule has 1 unspecified atom stereocenters. The molecule has 0 saturated heterocycles. The zero-order chi connectivity index (χ0) is 12.8. The molecule has 4 nitrogen and oxygen atoms in total. The molecule has 0 aromatic carbocycles. The molecule has 1 N–H and O–H groups in total. The summed E-state index contributed by atoms with van der Waals surface area (Å²) < 4.78 is 1.76. The van der Waals surface area contributed by atoms with Gasteiger partial charge in [-0.15, -0.1) is 0 Å². The number of carbonyl (C=O) groups excluding carboxylic acids is 1. The zero-order valence-electron chi connectivity index (χ0n) is 10.7. The Morgan fingerprint density at radius 1 is 1.59 bits per heavy atom. The van der Waals surface area contributed by atoms with E-state index < -0.39 is 0 Å². The number of halogens is 1. The van der Waals surface area contributed by atoms with E-state index in [1.54, 1.807) is 4.68 Å². The van der Waals surface area contributed by atoms with Crippen LogP contribution >= 0.6 is 15.9 Å². The zero-order valence-corrected chi connectivity index (χ0v) is 12.2. The number of alkyl halides is 1. The summed E-state index contributed by atoms with van der Waals surface area (Å²) in [6.07, 6.45) is 0.852. The number of hydrogen-bond acceptors (Lipinski definition) is 2. The predicted octanol–water partition coefficient (Wildman–Crippen LogP) is 2.23. The first-order valence-corrected chi connectivity index (χ1v) is 7.15. The highest BCUT2D eigenvalue weighted by Crippen LogP contribution is 2.06. The van der Waals surface area contributed by atoms with Crippen LogP contribution in [0.2, 0.25) is 0 Å². The molecule has 17 heavy (non-hydrogen) atoms. The topological polar surface area (TPSA) is 46.9 Å². The maximum Gasteiger partial charge on any atom is 0.269 e. The van der Waals surface area contributed by atoms with Crippen LogP contribution in [0.15, 0.2) is 6.07 Å². The van der Waals surface area contributed by atoms with E-state index in [1.165, 1.54) is 0 Å². The molecular weight excluding hydrogens is 282 g/mol. The van der Waals surface area contributed by atoms with Crippen LogP contribution in [0.4, 0.5) is 0 Å². The van der Waals surface area contributed by atoms with E-state index in [0.29, 0.717) is 18.2 Å². The molecule has 0 fully saturated rings. The first kappa shape index (κ1) is 14.2. The second kappa shape index (κ2) is 6.79. The molecule has 1 rings (SSSR count). The first-order chi connectivity index (χ1) is 8.12. The summed E-state index contributed by atoms with van der Waals surface area (Å²) in [6, 6.07) is 1.87. The van der Waals surface area contributed by atoms with Crippen LogP contribution in [0, 0.1) is 5.92 Å². The largest absolute Gasteiger partial charge is 0.350 e. The molecule has 1 aromatic rings. The smallest absolute Gasteiger partial charge is 0.269 e. The van der Waals surface area contributed by atoms with Crippen molar-refractivity contribution in [2.24, 2.45) is 5.92 Å². The van der Waals surface area contributed by atoms with Crippen LogP contribution in [0.5, 0.6) is 0 Å². The number of aryl methyl sites for hydroxylation is 2. The lowest BCUT2D eigenvalue weighted by atomic mass is 10.2. The van der Waals surface area contributed by atoms with Crippen LogP contribution < -0.4 is 5.32 Å². The molecular formula is C12H20BrN3O. The standard InChI is InChI=1S/C12H20BrN3O/c1-4-10-6-11(16(5-2)15-10)12(17)14-8-9(3)7-13/h6,9H,4-5,7-8H2,1-3H3,(H,14,17). The molecule has 0 radical (unpaired) electrons. The fourth-order valence-corrected chi connectivity index (χ4v) is 1.71. The van der Waals surface area contributed by atoms with Crippen molar-refractivity contribution in [1.29, 1.82) is 0 Å². The van der Waals surface area contributed by atoms with Gasteiger partial charge in [0.25, 0.3) is 5.91 Å². The molecule has 1 amide bonds. The molecule has 0 aliphatic heterocycles. The summed E-state index contributed by atoms with van der Waals surface area (Å²) in [4.78, 5) is 12.0. The van der Waals surface area contributed by atoms with Crippen LogP contribution in [0.3, 0.4) is 0 Å². The number of nitrogens with zero attached hydrogens (tertiary/aromatic N) is 2. The highest BCUT2D eigenvalue weighted by Gasteiger charge is 2.14. The fourth-order valence-electron chi connectivity index (χ4n) is 1.48. The van der Waals surface area contributed by atoms with E-state index in [-0.39, 0.29) is 5.91 Å². The Kier molecular flexibility index (Phi) is 5.68. The number of hydrogen-bond donors (Lipinski definition) is 1. The van der Waals surface area contributed by atoms with E-state index in [9.17, 15) is 4.79 Å². The van der Waals surface area contributed by atoms with Crippen molar-refractivity contribution in [3.05, 3.63) is 17.5 Å². The molecule has 0 spiro atoms. The van der Waals surface area contributed by atoms with Gasteiger partial charge >= 0.3 is 0 Å². The van der Waals surface area contributed by atoms with E-state index in [1.807, 2.05) is 19.9 Å². The Morgan fingerprint density at radius 3 is 2.82 bits per heavy atom. The molecule has 0 aliphatic carbocycles. The summed E-state index contributed by atoms with van der Waals surface area (Å²) in [6.45, 7) is 7.52. The van der Waals surface area contributed by atoms with Gasteiger partial charge in [-0.2, -0.15) is 5.10 Å². The Bertz CT molecular complexity index is 376. The van der Waals surface area contributed by atoms with Gasteiger partial charge in [-0.3, -0.25) is 9.48 Å². The Balaban J connectivity index is 2.70. The lowest BCUT2D eigenvalue weighted by Gasteiger charge is -2.09. The van der Waals surface area contributed by atoms with Gasteiger partial charge in [-0.25, -0.2) is 0 Å². The van der Waals surface area contributed by atoms with Crippen molar-refractivity contribution in [2.45, 2.75) is 33.7 Å². The molecule has 0 aliphatic rings. The number of rotatable bonds is 6. The van der Waals surface area contributed by atoms with Gasteiger partial charge in [0, 0.05) is 18.4 Å². The van der Waals surface area contributed by atoms with Crippen molar-refractivity contribution in [1.82, 2.24) is 15.1 Å². The van der Waals surface area contributed by atoms with Crippen LogP contribution in [-0.4, -0.2) is 27.6 Å². The maximum absolute atomic E-state index is 12.0. The summed E-state index contributed by atoms with van der Waals surface area (Å²) in [5.41, 5.74) is 1.62. The average molecular weight is 302 g/mol. The van der Waals surface area contributed by atoms with Crippen molar-refractivity contribution < 1.29 is 4.79 Å². The van der Waals surface area contributed by atoms with Crippen LogP contribution in [0.1, 0.15) is 37.0 Å². The van der Waals surface area contributed by atoms with Gasteiger partial charge in [-0.1, -0.05) is 29.8 Å². The third kappa shape index (κ3) is 3.84. The molecule has 5 heteroatoms. The summed E-state index contributed by atoms with van der Waals surface area (Å²) in [5.74, 6) is 0.398. The van der Waals surface area contributed by atoms with Crippen molar-refractivity contribution in [3.63, 3.8) is 0 Å². The number of amides is 1. The van der Waals surface area contributed by atoms with Gasteiger partial charge in [0.05, 0.1) is 5.69 Å². The maximum atomic E-state index is 12.0. The highest BCUT2D eigenvalue weighted by atomic mass is 79.9.